The van der Waals surface area contributed by atoms with Gasteiger partial charge in [0.25, 0.3) is 0 Å². The lowest BCUT2D eigenvalue weighted by atomic mass is 10.2. The third-order valence-corrected chi connectivity index (χ3v) is 5.69. The second-order valence-corrected chi connectivity index (χ2v) is 8.34. The molecule has 166 valence electrons. The van der Waals surface area contributed by atoms with Gasteiger partial charge in [-0.1, -0.05) is 19.9 Å². The van der Waals surface area contributed by atoms with Crippen molar-refractivity contribution in [1.29, 1.82) is 0 Å². The molecule has 1 aromatic carbocycles. The highest BCUT2D eigenvalue weighted by Crippen LogP contribution is 2.33. The Morgan fingerprint density at radius 3 is 2.68 bits per heavy atom. The Balaban J connectivity index is 1.73. The van der Waals surface area contributed by atoms with Gasteiger partial charge in [0.2, 0.25) is 0 Å². The molecule has 3 aromatic rings. The quantitative estimate of drug-likeness (QED) is 0.565. The number of hydrogen-bond donors (Lipinski definition) is 2. The molecule has 2 N–H and O–H groups in total. The largest absolute Gasteiger partial charge is 0.493 e. The molecule has 0 spiro atoms. The number of H-pyrrole nitrogens is 1. The van der Waals surface area contributed by atoms with Crippen molar-refractivity contribution < 1.29 is 9.47 Å². The van der Waals surface area contributed by atoms with Gasteiger partial charge in [0, 0.05) is 12.5 Å². The molecule has 0 bridgehead atoms. The summed E-state index contributed by atoms with van der Waals surface area (Å²) in [5, 5.41) is 3.17. The van der Waals surface area contributed by atoms with Crippen molar-refractivity contribution in [2.75, 3.05) is 19.0 Å². The monoisotopic (exact) mass is 425 g/mol. The second-order valence-electron chi connectivity index (χ2n) is 8.34. The van der Waals surface area contributed by atoms with Crippen molar-refractivity contribution in [2.24, 2.45) is 0 Å². The molecule has 1 fully saturated rings. The van der Waals surface area contributed by atoms with E-state index in [9.17, 15) is 4.79 Å². The third kappa shape index (κ3) is 4.38. The summed E-state index contributed by atoms with van der Waals surface area (Å²) in [6.45, 7) is 7.12. The maximum atomic E-state index is 12.9. The van der Waals surface area contributed by atoms with Crippen LogP contribution in [-0.4, -0.2) is 39.3 Å². The Hall–Kier alpha value is -3.03. The average molecular weight is 426 g/mol. The van der Waals surface area contributed by atoms with Crippen LogP contribution in [0.3, 0.4) is 0 Å². The van der Waals surface area contributed by atoms with E-state index in [1.165, 1.54) is 12.8 Å². The zero-order chi connectivity index (χ0) is 22.0. The Morgan fingerprint density at radius 1 is 1.23 bits per heavy atom. The fraction of sp³-hybridized carbons (Fsp3) is 0.522. The Labute approximate surface area is 182 Å². The minimum absolute atomic E-state index is 0.206. The van der Waals surface area contributed by atoms with E-state index in [1.807, 2.05) is 25.1 Å². The number of aromatic nitrogens is 4. The van der Waals surface area contributed by atoms with Crippen LogP contribution in [0, 0.1) is 0 Å². The van der Waals surface area contributed by atoms with Gasteiger partial charge in [-0.15, -0.1) is 0 Å². The number of anilines is 1. The molecule has 0 unspecified atom stereocenters. The van der Waals surface area contributed by atoms with E-state index in [-0.39, 0.29) is 17.7 Å². The third-order valence-electron chi connectivity index (χ3n) is 5.69. The number of hydrogen-bond acceptors (Lipinski definition) is 6. The maximum Gasteiger partial charge on any atom is 0.351 e. The van der Waals surface area contributed by atoms with E-state index in [0.29, 0.717) is 30.3 Å². The van der Waals surface area contributed by atoms with Crippen molar-refractivity contribution in [3.05, 3.63) is 40.1 Å². The second kappa shape index (κ2) is 8.99. The number of nitrogens with zero attached hydrogens (tertiary/aromatic N) is 3. The van der Waals surface area contributed by atoms with Gasteiger partial charge in [-0.25, -0.2) is 9.78 Å². The summed E-state index contributed by atoms with van der Waals surface area (Å²) in [6.07, 6.45) is 4.74. The smallest absolute Gasteiger partial charge is 0.351 e. The van der Waals surface area contributed by atoms with Gasteiger partial charge in [0.05, 0.1) is 19.8 Å². The molecule has 8 nitrogen and oxygen atoms in total. The highest BCUT2D eigenvalue weighted by atomic mass is 16.5. The van der Waals surface area contributed by atoms with Crippen LogP contribution in [0.5, 0.6) is 11.5 Å². The lowest BCUT2D eigenvalue weighted by molar-refractivity contribution is 0.200. The Bertz CT molecular complexity index is 1110. The van der Waals surface area contributed by atoms with Crippen molar-refractivity contribution in [1.82, 2.24) is 19.5 Å². The molecule has 0 amide bonds. The first-order valence-electron chi connectivity index (χ1n) is 11.1. The van der Waals surface area contributed by atoms with Crippen LogP contribution in [0.1, 0.15) is 63.8 Å². The topological polar surface area (TPSA) is 94.1 Å². The molecular formula is C23H31N5O3. The van der Waals surface area contributed by atoms with Crippen LogP contribution in [0.2, 0.25) is 0 Å². The van der Waals surface area contributed by atoms with Gasteiger partial charge in [0.1, 0.15) is 11.3 Å². The highest BCUT2D eigenvalue weighted by Gasteiger charge is 2.20. The van der Waals surface area contributed by atoms with Gasteiger partial charge in [-0.05, 0) is 50.3 Å². The molecule has 8 heteroatoms. The SMILES string of the molecule is CCNc1nc(=O)n(Cc2ccc(OC)c(OC3CCCC3)c2)c2nc(C(C)C)[nH]c12. The standard InChI is InChI=1S/C23H31N5O3/c1-5-24-21-19-22(26-20(25-19)14(2)3)28(23(29)27-21)13-15-10-11-17(30-4)18(12-15)31-16-8-6-7-9-16/h10-12,14,16H,5-9,13H2,1-4H3,(H,25,26)(H,24,27,29). The van der Waals surface area contributed by atoms with Gasteiger partial charge in [-0.2, -0.15) is 4.98 Å². The molecule has 31 heavy (non-hydrogen) atoms. The van der Waals surface area contributed by atoms with Crippen molar-refractivity contribution >= 4 is 17.0 Å². The molecule has 2 heterocycles. The van der Waals surface area contributed by atoms with E-state index in [1.54, 1.807) is 11.7 Å². The summed E-state index contributed by atoms with van der Waals surface area (Å²) >= 11 is 0. The van der Waals surface area contributed by atoms with Crippen molar-refractivity contribution in [2.45, 2.75) is 65.0 Å². The molecule has 0 atom stereocenters. The van der Waals surface area contributed by atoms with E-state index < -0.39 is 0 Å². The van der Waals surface area contributed by atoms with E-state index >= 15 is 0 Å². The molecule has 0 aliphatic heterocycles. The van der Waals surface area contributed by atoms with Crippen LogP contribution in [-0.2, 0) is 6.54 Å². The zero-order valence-corrected chi connectivity index (χ0v) is 18.7. The minimum atomic E-state index is -0.334. The Morgan fingerprint density at radius 2 is 2.00 bits per heavy atom. The first-order valence-corrected chi connectivity index (χ1v) is 11.1. The summed E-state index contributed by atoms with van der Waals surface area (Å²) in [5.41, 5.74) is 1.96. The number of nitrogens with one attached hydrogen (secondary N) is 2. The number of benzene rings is 1. The average Bonchev–Trinajstić information content (AvgIpc) is 3.41. The molecule has 0 saturated heterocycles. The number of rotatable bonds is 8. The lowest BCUT2D eigenvalue weighted by Gasteiger charge is -2.17. The molecule has 1 aliphatic carbocycles. The molecule has 0 radical (unpaired) electrons. The summed E-state index contributed by atoms with van der Waals surface area (Å²) in [4.78, 5) is 25.2. The number of ether oxygens (including phenoxy) is 2. The molecule has 2 aromatic heterocycles. The Kier molecular flexibility index (Phi) is 6.15. The van der Waals surface area contributed by atoms with Gasteiger partial charge in [0.15, 0.2) is 23.0 Å². The molecular weight excluding hydrogens is 394 g/mol. The summed E-state index contributed by atoms with van der Waals surface area (Å²) in [5.74, 6) is 3.00. The first-order chi connectivity index (χ1) is 15.0. The van der Waals surface area contributed by atoms with E-state index in [4.69, 9.17) is 14.5 Å². The maximum absolute atomic E-state index is 12.9. The van der Waals surface area contributed by atoms with Crippen LogP contribution < -0.4 is 20.5 Å². The molecule has 1 aliphatic rings. The molecule has 1 saturated carbocycles. The predicted octanol–water partition coefficient (Wildman–Crippen LogP) is 4.05. The van der Waals surface area contributed by atoms with E-state index in [2.05, 4.69) is 29.1 Å². The van der Waals surface area contributed by atoms with Crippen LogP contribution in [0.4, 0.5) is 5.82 Å². The van der Waals surface area contributed by atoms with Crippen LogP contribution in [0.15, 0.2) is 23.0 Å². The number of imidazole rings is 1. The fourth-order valence-electron chi connectivity index (χ4n) is 4.04. The highest BCUT2D eigenvalue weighted by molar-refractivity contribution is 5.83. The van der Waals surface area contributed by atoms with E-state index in [0.717, 1.165) is 35.5 Å². The summed E-state index contributed by atoms with van der Waals surface area (Å²) in [7, 11) is 1.64. The fourth-order valence-corrected chi connectivity index (χ4v) is 4.04. The summed E-state index contributed by atoms with van der Waals surface area (Å²) in [6, 6.07) is 5.81. The van der Waals surface area contributed by atoms with Crippen LogP contribution >= 0.6 is 0 Å². The van der Waals surface area contributed by atoms with Crippen molar-refractivity contribution in [3.63, 3.8) is 0 Å². The van der Waals surface area contributed by atoms with Gasteiger partial charge >= 0.3 is 5.69 Å². The lowest BCUT2D eigenvalue weighted by Crippen LogP contribution is -2.25. The predicted molar refractivity (Wildman–Crippen MR) is 121 cm³/mol. The zero-order valence-electron chi connectivity index (χ0n) is 18.7. The van der Waals surface area contributed by atoms with Gasteiger partial charge in [-0.3, -0.25) is 4.57 Å². The summed E-state index contributed by atoms with van der Waals surface area (Å²) < 4.78 is 13.3. The minimum Gasteiger partial charge on any atom is -0.493 e. The number of fused-ring (bicyclic) bond motifs is 1. The normalized spacial score (nSPS) is 14.5. The van der Waals surface area contributed by atoms with Gasteiger partial charge < -0.3 is 19.8 Å². The number of methoxy groups -OCH3 is 1. The first kappa shape index (κ1) is 21.2. The molecule has 4 rings (SSSR count). The number of aromatic amines is 1. The van der Waals surface area contributed by atoms with Crippen molar-refractivity contribution in [3.8, 4) is 11.5 Å². The van der Waals surface area contributed by atoms with Crippen LogP contribution in [0.25, 0.3) is 11.2 Å².